The molecule has 1 amide bonds. The highest BCUT2D eigenvalue weighted by molar-refractivity contribution is 7.10. The first-order valence-electron chi connectivity index (χ1n) is 11.1. The predicted molar refractivity (Wildman–Crippen MR) is 132 cm³/mol. The predicted octanol–water partition coefficient (Wildman–Crippen LogP) is 4.03. The van der Waals surface area contributed by atoms with Gasteiger partial charge in [0, 0.05) is 29.8 Å². The molecule has 0 saturated heterocycles. The lowest BCUT2D eigenvalue weighted by molar-refractivity contribution is 0.0596. The number of rotatable bonds is 11. The molecule has 10 heteroatoms. The van der Waals surface area contributed by atoms with Crippen LogP contribution in [-0.4, -0.2) is 43.6 Å². The van der Waals surface area contributed by atoms with Crippen molar-refractivity contribution in [1.29, 1.82) is 0 Å². The van der Waals surface area contributed by atoms with E-state index in [1.54, 1.807) is 38.5 Å². The molecule has 0 spiro atoms. The summed E-state index contributed by atoms with van der Waals surface area (Å²) in [5, 5.41) is 6.71. The van der Waals surface area contributed by atoms with E-state index in [1.165, 1.54) is 7.11 Å². The van der Waals surface area contributed by atoms with Gasteiger partial charge in [-0.2, -0.15) is 4.37 Å². The molecular weight excluding hydrogens is 470 g/mol. The van der Waals surface area contributed by atoms with E-state index in [1.807, 2.05) is 18.2 Å². The summed E-state index contributed by atoms with van der Waals surface area (Å²) in [7, 11) is 4.48. The van der Waals surface area contributed by atoms with E-state index in [9.17, 15) is 9.59 Å². The Balaban J connectivity index is 1.46. The molecule has 4 rings (SSSR count). The Morgan fingerprint density at radius 1 is 1.09 bits per heavy atom. The average Bonchev–Trinajstić information content (AvgIpc) is 3.62. The maximum atomic E-state index is 12.5. The topological polar surface area (TPSA) is 108 Å². The second-order valence-electron chi connectivity index (χ2n) is 7.95. The number of aromatic nitrogens is 1. The first-order chi connectivity index (χ1) is 17.0. The van der Waals surface area contributed by atoms with Gasteiger partial charge in [-0.05, 0) is 54.2 Å². The Morgan fingerprint density at radius 2 is 1.91 bits per heavy atom. The molecule has 1 aliphatic rings. The van der Waals surface area contributed by atoms with E-state index in [4.69, 9.17) is 18.9 Å². The van der Waals surface area contributed by atoms with Crippen molar-refractivity contribution < 1.29 is 28.5 Å². The van der Waals surface area contributed by atoms with Crippen LogP contribution in [0.5, 0.6) is 17.4 Å². The summed E-state index contributed by atoms with van der Waals surface area (Å²) in [4.78, 5) is 24.9. The summed E-state index contributed by atoms with van der Waals surface area (Å²) in [5.41, 5.74) is 2.45. The summed E-state index contributed by atoms with van der Waals surface area (Å²) < 4.78 is 25.8. The molecule has 2 aromatic carbocycles. The summed E-state index contributed by atoms with van der Waals surface area (Å²) in [6.07, 6.45) is 2.05. The van der Waals surface area contributed by atoms with Crippen LogP contribution in [0.25, 0.3) is 0 Å². The van der Waals surface area contributed by atoms with E-state index in [0.717, 1.165) is 35.5 Å². The Labute approximate surface area is 207 Å². The van der Waals surface area contributed by atoms with Gasteiger partial charge in [0.1, 0.15) is 23.1 Å². The Hall–Kier alpha value is -3.79. The van der Waals surface area contributed by atoms with Crippen LogP contribution < -0.4 is 24.8 Å². The first kappa shape index (κ1) is 24.3. The molecule has 3 aromatic rings. The zero-order valence-electron chi connectivity index (χ0n) is 19.8. The highest BCUT2D eigenvalue weighted by atomic mass is 32.1. The van der Waals surface area contributed by atoms with Crippen molar-refractivity contribution in [3.8, 4) is 17.4 Å². The van der Waals surface area contributed by atoms with Gasteiger partial charge in [0.05, 0.1) is 21.3 Å². The third-order valence-corrected chi connectivity index (χ3v) is 6.25. The fourth-order valence-electron chi connectivity index (χ4n) is 3.40. The minimum atomic E-state index is -0.560. The minimum Gasteiger partial charge on any atom is -0.497 e. The van der Waals surface area contributed by atoms with E-state index in [2.05, 4.69) is 15.0 Å². The van der Waals surface area contributed by atoms with Gasteiger partial charge in [0.2, 0.25) is 5.88 Å². The number of carbonyl (C=O) groups excluding carboxylic acids is 2. The largest absolute Gasteiger partial charge is 0.497 e. The van der Waals surface area contributed by atoms with Crippen molar-refractivity contribution in [2.45, 2.75) is 32.0 Å². The fourth-order valence-corrected chi connectivity index (χ4v) is 4.12. The highest BCUT2D eigenvalue weighted by Gasteiger charge is 2.25. The lowest BCUT2D eigenvalue weighted by atomic mass is 10.1. The third-order valence-electron chi connectivity index (χ3n) is 5.46. The maximum absolute atomic E-state index is 12.5. The van der Waals surface area contributed by atoms with Gasteiger partial charge in [0.25, 0.3) is 5.91 Å². The third kappa shape index (κ3) is 6.02. The summed E-state index contributed by atoms with van der Waals surface area (Å²) >= 11 is 1.10. The van der Waals surface area contributed by atoms with Crippen LogP contribution in [0.2, 0.25) is 0 Å². The molecule has 0 radical (unpaired) electrons. The second-order valence-corrected chi connectivity index (χ2v) is 8.72. The van der Waals surface area contributed by atoms with E-state index >= 15 is 0 Å². The van der Waals surface area contributed by atoms with Crippen molar-refractivity contribution >= 4 is 28.4 Å². The zero-order chi connectivity index (χ0) is 24.8. The van der Waals surface area contributed by atoms with Crippen molar-refractivity contribution in [2.24, 2.45) is 0 Å². The quantitative estimate of drug-likeness (QED) is 0.382. The van der Waals surface area contributed by atoms with Crippen molar-refractivity contribution in [2.75, 3.05) is 26.6 Å². The van der Waals surface area contributed by atoms with E-state index in [0.29, 0.717) is 28.6 Å². The van der Waals surface area contributed by atoms with Crippen LogP contribution in [0.15, 0.2) is 42.5 Å². The van der Waals surface area contributed by atoms with E-state index < -0.39 is 5.97 Å². The summed E-state index contributed by atoms with van der Waals surface area (Å²) in [5.74, 6) is 0.847. The lowest BCUT2D eigenvalue weighted by Crippen LogP contribution is -2.25. The molecule has 1 fully saturated rings. The monoisotopic (exact) mass is 497 g/mol. The van der Waals surface area contributed by atoms with Gasteiger partial charge < -0.3 is 29.6 Å². The number of amides is 1. The molecule has 9 nitrogen and oxygen atoms in total. The summed E-state index contributed by atoms with van der Waals surface area (Å²) in [6, 6.07) is 13.0. The summed E-state index contributed by atoms with van der Waals surface area (Å²) in [6.45, 7) is 0.529. The molecule has 1 saturated carbocycles. The van der Waals surface area contributed by atoms with Crippen LogP contribution in [0.1, 0.15) is 44.7 Å². The molecule has 1 aliphatic carbocycles. The number of benzene rings is 2. The van der Waals surface area contributed by atoms with Gasteiger partial charge >= 0.3 is 5.97 Å². The number of hydrogen-bond donors (Lipinski definition) is 2. The van der Waals surface area contributed by atoms with E-state index in [-0.39, 0.29) is 30.0 Å². The van der Waals surface area contributed by atoms with Gasteiger partial charge in [-0.25, -0.2) is 4.79 Å². The Morgan fingerprint density at radius 3 is 2.63 bits per heavy atom. The molecule has 0 aliphatic heterocycles. The normalized spacial score (nSPS) is 12.5. The zero-order valence-corrected chi connectivity index (χ0v) is 20.6. The van der Waals surface area contributed by atoms with Crippen molar-refractivity contribution in [1.82, 2.24) is 9.69 Å². The van der Waals surface area contributed by atoms with Gasteiger partial charge in [-0.15, -0.1) is 0 Å². The molecule has 35 heavy (non-hydrogen) atoms. The van der Waals surface area contributed by atoms with Crippen LogP contribution in [0, 0.1) is 0 Å². The molecule has 0 atom stereocenters. The smallest absolute Gasteiger partial charge is 0.346 e. The second kappa shape index (κ2) is 11.1. The van der Waals surface area contributed by atoms with Crippen LogP contribution in [0.3, 0.4) is 0 Å². The Kier molecular flexibility index (Phi) is 7.71. The molecule has 0 unspecified atom stereocenters. The van der Waals surface area contributed by atoms with Crippen LogP contribution in [0.4, 0.5) is 5.00 Å². The number of nitrogens with one attached hydrogen (secondary N) is 2. The number of hydrogen-bond acceptors (Lipinski definition) is 9. The number of nitrogens with zero attached hydrogens (tertiary/aromatic N) is 1. The highest BCUT2D eigenvalue weighted by Crippen LogP contribution is 2.33. The molecule has 184 valence electrons. The average molecular weight is 498 g/mol. The number of anilines is 1. The number of methoxy groups -OCH3 is 3. The molecule has 0 bridgehead atoms. The first-order valence-corrected chi connectivity index (χ1v) is 11.8. The standard InChI is InChI=1S/C25H27N3O6S/c1-31-19-10-7-17(20(12-19)32-2)13-26-24-21(25(30)33-3)23(28-35-24)34-14-15-5-4-6-16(11-15)22(29)27-18-8-9-18/h4-7,10-12,18,26H,8-9,13-14H2,1-3H3,(H,27,29). The van der Waals surface area contributed by atoms with Gasteiger partial charge in [-0.3, -0.25) is 4.79 Å². The number of esters is 1. The maximum Gasteiger partial charge on any atom is 0.346 e. The molecule has 1 heterocycles. The van der Waals surface area contributed by atoms with Gasteiger partial charge in [-0.1, -0.05) is 12.1 Å². The van der Waals surface area contributed by atoms with Gasteiger partial charge in [0.15, 0.2) is 5.56 Å². The number of ether oxygens (including phenoxy) is 4. The lowest BCUT2D eigenvalue weighted by Gasteiger charge is -2.12. The molecule has 1 aromatic heterocycles. The SMILES string of the molecule is COC(=O)c1c(OCc2cccc(C(=O)NC3CC3)c2)nsc1NCc1ccc(OC)cc1OC. The number of carbonyl (C=O) groups is 2. The Bertz CT molecular complexity index is 1210. The fraction of sp³-hybridized carbons (Fsp3) is 0.320. The minimum absolute atomic E-state index is 0.0984. The van der Waals surface area contributed by atoms with Crippen LogP contribution >= 0.6 is 11.5 Å². The molecular formula is C25H27N3O6S. The van der Waals surface area contributed by atoms with Crippen molar-refractivity contribution in [3.05, 3.63) is 64.7 Å². The van der Waals surface area contributed by atoms with Crippen molar-refractivity contribution in [3.63, 3.8) is 0 Å². The van der Waals surface area contributed by atoms with Crippen LogP contribution in [-0.2, 0) is 17.9 Å². The molecule has 2 N–H and O–H groups in total.